The minimum Gasteiger partial charge on any atom is -0.341 e. The van der Waals surface area contributed by atoms with Crippen molar-refractivity contribution in [3.63, 3.8) is 0 Å². The van der Waals surface area contributed by atoms with Crippen LogP contribution < -0.4 is 21.3 Å². The molecule has 0 fully saturated rings. The van der Waals surface area contributed by atoms with E-state index in [0.29, 0.717) is 0 Å². The summed E-state index contributed by atoms with van der Waals surface area (Å²) in [5.74, 6) is 0. The number of amides is 4. The van der Waals surface area contributed by atoms with E-state index in [0.717, 1.165) is 0 Å². The lowest BCUT2D eigenvalue weighted by molar-refractivity contribution is -0.384. The van der Waals surface area contributed by atoms with Gasteiger partial charge in [0.25, 0.3) is 5.69 Å². The fraction of sp³-hybridized carbons (Fsp3) is 0.273. The van der Waals surface area contributed by atoms with Gasteiger partial charge in [0.15, 0.2) is 0 Å². The molecule has 4 N–H and O–H groups in total. The van der Waals surface area contributed by atoms with E-state index in [4.69, 9.17) is 11.6 Å². The van der Waals surface area contributed by atoms with Crippen molar-refractivity contribution in [2.45, 2.75) is 6.17 Å². The standard InChI is InChI=1S/C11H14ClN5O4/c1-13-10(18)15-9(16-11(19)14-2)7-5-6(17(20)21)3-4-8(7)12/h3-5,9H,1-2H3,(H2,13,15,18)(H2,14,16,19). The second kappa shape index (κ2) is 7.29. The molecule has 0 atom stereocenters. The van der Waals surface area contributed by atoms with Gasteiger partial charge >= 0.3 is 12.1 Å². The van der Waals surface area contributed by atoms with Crippen molar-refractivity contribution >= 4 is 29.4 Å². The molecule has 10 heteroatoms. The molecule has 0 heterocycles. The van der Waals surface area contributed by atoms with Crippen LogP contribution in [0, 0.1) is 10.1 Å². The minimum absolute atomic E-state index is 0.165. The smallest absolute Gasteiger partial charge is 0.316 e. The highest BCUT2D eigenvalue weighted by molar-refractivity contribution is 6.31. The number of non-ortho nitro benzene ring substituents is 1. The Bertz CT molecular complexity index is 548. The molecule has 1 aromatic carbocycles. The zero-order valence-corrected chi connectivity index (χ0v) is 12.0. The van der Waals surface area contributed by atoms with Crippen LogP contribution in [0.3, 0.4) is 0 Å². The van der Waals surface area contributed by atoms with Crippen LogP contribution in [-0.4, -0.2) is 31.1 Å². The molecule has 0 saturated carbocycles. The molecule has 1 aromatic rings. The topological polar surface area (TPSA) is 125 Å². The average Bonchev–Trinajstić information content (AvgIpc) is 2.46. The molecule has 0 unspecified atom stereocenters. The van der Waals surface area contributed by atoms with Crippen LogP contribution in [0.5, 0.6) is 0 Å². The summed E-state index contributed by atoms with van der Waals surface area (Å²) in [6.45, 7) is 0. The summed E-state index contributed by atoms with van der Waals surface area (Å²) in [6, 6.07) is 2.55. The van der Waals surface area contributed by atoms with E-state index in [1.54, 1.807) is 0 Å². The van der Waals surface area contributed by atoms with Crippen LogP contribution in [0.25, 0.3) is 0 Å². The number of nitro groups is 1. The lowest BCUT2D eigenvalue weighted by atomic mass is 10.1. The van der Waals surface area contributed by atoms with E-state index < -0.39 is 23.2 Å². The van der Waals surface area contributed by atoms with Gasteiger partial charge in [0, 0.05) is 36.8 Å². The van der Waals surface area contributed by atoms with Crippen molar-refractivity contribution in [3.8, 4) is 0 Å². The monoisotopic (exact) mass is 315 g/mol. The quantitative estimate of drug-likeness (QED) is 0.377. The van der Waals surface area contributed by atoms with E-state index in [1.807, 2.05) is 0 Å². The third-order valence-corrected chi connectivity index (χ3v) is 2.85. The van der Waals surface area contributed by atoms with Crippen molar-refractivity contribution in [2.75, 3.05) is 14.1 Å². The first kappa shape index (κ1) is 16.5. The summed E-state index contributed by atoms with van der Waals surface area (Å²) in [5, 5.41) is 20.5. The van der Waals surface area contributed by atoms with Gasteiger partial charge in [0.1, 0.15) is 6.17 Å². The van der Waals surface area contributed by atoms with Crippen molar-refractivity contribution in [2.24, 2.45) is 0 Å². The SMILES string of the molecule is CNC(=O)NC(NC(=O)NC)c1cc([N+](=O)[O-])ccc1Cl. The van der Waals surface area contributed by atoms with E-state index in [9.17, 15) is 19.7 Å². The van der Waals surface area contributed by atoms with E-state index >= 15 is 0 Å². The second-order valence-electron chi connectivity index (χ2n) is 3.84. The molecule has 1 rings (SSSR count). The van der Waals surface area contributed by atoms with Gasteiger partial charge in [-0.05, 0) is 6.07 Å². The fourth-order valence-electron chi connectivity index (χ4n) is 1.46. The number of urea groups is 2. The first-order valence-electron chi connectivity index (χ1n) is 5.79. The van der Waals surface area contributed by atoms with Crippen molar-refractivity contribution in [1.29, 1.82) is 0 Å². The van der Waals surface area contributed by atoms with Crippen LogP contribution in [0.2, 0.25) is 5.02 Å². The molecular formula is C11H14ClN5O4. The van der Waals surface area contributed by atoms with Crippen LogP contribution in [0.4, 0.5) is 15.3 Å². The van der Waals surface area contributed by atoms with Crippen molar-refractivity contribution in [3.05, 3.63) is 38.9 Å². The van der Waals surface area contributed by atoms with Gasteiger partial charge in [-0.25, -0.2) is 9.59 Å². The highest BCUT2D eigenvalue weighted by atomic mass is 35.5. The first-order chi connectivity index (χ1) is 9.88. The molecule has 0 saturated heterocycles. The maximum absolute atomic E-state index is 11.4. The molecule has 4 amide bonds. The van der Waals surface area contributed by atoms with Crippen molar-refractivity contribution < 1.29 is 14.5 Å². The Hall–Kier alpha value is -2.55. The number of hydrogen-bond acceptors (Lipinski definition) is 4. The zero-order valence-electron chi connectivity index (χ0n) is 11.3. The van der Waals surface area contributed by atoms with Gasteiger partial charge in [-0.1, -0.05) is 11.6 Å². The van der Waals surface area contributed by atoms with Gasteiger partial charge in [-0.2, -0.15) is 0 Å². The van der Waals surface area contributed by atoms with E-state index in [1.165, 1.54) is 32.3 Å². The molecule has 0 aromatic heterocycles. The normalized spacial score (nSPS) is 9.90. The molecule has 21 heavy (non-hydrogen) atoms. The molecular weight excluding hydrogens is 302 g/mol. The molecule has 0 aliphatic carbocycles. The summed E-state index contributed by atoms with van der Waals surface area (Å²) in [6.07, 6.45) is -1.03. The first-order valence-corrected chi connectivity index (χ1v) is 6.17. The number of nitrogens with one attached hydrogen (secondary N) is 4. The van der Waals surface area contributed by atoms with Crippen LogP contribution in [0.1, 0.15) is 11.7 Å². The van der Waals surface area contributed by atoms with Gasteiger partial charge in [-0.15, -0.1) is 0 Å². The number of nitrogens with zero attached hydrogens (tertiary/aromatic N) is 1. The summed E-state index contributed by atoms with van der Waals surface area (Å²) in [5.41, 5.74) is -0.0186. The van der Waals surface area contributed by atoms with Gasteiger partial charge in [-0.3, -0.25) is 10.1 Å². The number of halogens is 1. The lowest BCUT2D eigenvalue weighted by Gasteiger charge is -2.21. The Labute approximate surface area is 125 Å². The highest BCUT2D eigenvalue weighted by Gasteiger charge is 2.21. The predicted molar refractivity (Wildman–Crippen MR) is 76.0 cm³/mol. The molecule has 0 aliphatic heterocycles. The van der Waals surface area contributed by atoms with E-state index in [-0.39, 0.29) is 16.3 Å². The fourth-order valence-corrected chi connectivity index (χ4v) is 1.69. The van der Waals surface area contributed by atoms with Crippen LogP contribution >= 0.6 is 11.6 Å². The van der Waals surface area contributed by atoms with Gasteiger partial charge in [0.2, 0.25) is 0 Å². The number of rotatable bonds is 4. The van der Waals surface area contributed by atoms with E-state index in [2.05, 4.69) is 21.3 Å². The minimum atomic E-state index is -1.03. The molecule has 0 bridgehead atoms. The molecule has 0 spiro atoms. The van der Waals surface area contributed by atoms with Crippen LogP contribution in [0.15, 0.2) is 18.2 Å². The molecule has 9 nitrogen and oxygen atoms in total. The third kappa shape index (κ3) is 4.49. The summed E-state index contributed by atoms with van der Waals surface area (Å²) in [4.78, 5) is 33.1. The Balaban J connectivity index is 3.17. The van der Waals surface area contributed by atoms with Gasteiger partial charge < -0.3 is 21.3 Å². The Morgan fingerprint density at radius 3 is 2.14 bits per heavy atom. The lowest BCUT2D eigenvalue weighted by Crippen LogP contribution is -2.46. The number of nitro benzene ring substituents is 1. The number of hydrogen-bond donors (Lipinski definition) is 4. The summed E-state index contributed by atoms with van der Waals surface area (Å²) >= 11 is 5.98. The Morgan fingerprint density at radius 1 is 1.19 bits per heavy atom. The number of carbonyl (C=O) groups excluding carboxylic acids is 2. The predicted octanol–water partition coefficient (Wildman–Crippen LogP) is 1.10. The maximum Gasteiger partial charge on any atom is 0.316 e. The largest absolute Gasteiger partial charge is 0.341 e. The second-order valence-corrected chi connectivity index (χ2v) is 4.25. The molecule has 0 aliphatic rings. The van der Waals surface area contributed by atoms with Crippen LogP contribution in [-0.2, 0) is 0 Å². The average molecular weight is 316 g/mol. The zero-order chi connectivity index (χ0) is 16.0. The van der Waals surface area contributed by atoms with Gasteiger partial charge in [0.05, 0.1) is 4.92 Å². The summed E-state index contributed by atoms with van der Waals surface area (Å²) < 4.78 is 0. The summed E-state index contributed by atoms with van der Waals surface area (Å²) in [7, 11) is 2.78. The Morgan fingerprint density at radius 2 is 1.71 bits per heavy atom. The van der Waals surface area contributed by atoms with Crippen molar-refractivity contribution in [1.82, 2.24) is 21.3 Å². The molecule has 0 radical (unpaired) electrons. The number of benzene rings is 1. The molecule has 114 valence electrons. The Kier molecular flexibility index (Phi) is 5.73. The number of carbonyl (C=O) groups is 2. The maximum atomic E-state index is 11.4. The third-order valence-electron chi connectivity index (χ3n) is 2.51. The highest BCUT2D eigenvalue weighted by Crippen LogP contribution is 2.26.